The summed E-state index contributed by atoms with van der Waals surface area (Å²) in [5, 5.41) is 13.9. The predicted molar refractivity (Wildman–Crippen MR) is 160 cm³/mol. The Hall–Kier alpha value is -5.05. The van der Waals surface area contributed by atoms with Crippen molar-refractivity contribution in [2.24, 2.45) is 0 Å². The Bertz CT molecular complexity index is 1670. The average molecular weight is 552 g/mol. The van der Waals surface area contributed by atoms with E-state index in [1.54, 1.807) is 25.0 Å². The highest BCUT2D eigenvalue weighted by molar-refractivity contribution is 6.09. The van der Waals surface area contributed by atoms with Gasteiger partial charge >= 0.3 is 0 Å². The van der Waals surface area contributed by atoms with E-state index in [4.69, 9.17) is 9.47 Å². The molecule has 41 heavy (non-hydrogen) atoms. The number of nitrogens with zero attached hydrogens (tertiary/aromatic N) is 2. The largest absolute Gasteiger partial charge is 0.493 e. The Morgan fingerprint density at radius 3 is 2.22 bits per heavy atom. The SMILES string of the molecule is COc1ccc([C@H]2C(C(=O)Nc3ccc(C)cc3C)=C(C)Nc3c(C(=O)Nc4ccc(C)cc4)cnn32)cc1OC. The number of allylic oxidation sites excluding steroid dienone is 1. The van der Waals surface area contributed by atoms with Crippen molar-refractivity contribution in [2.75, 3.05) is 30.2 Å². The minimum atomic E-state index is -0.655. The third-order valence-electron chi connectivity index (χ3n) is 7.18. The molecule has 9 heteroatoms. The lowest BCUT2D eigenvalue weighted by Crippen LogP contribution is -2.32. The second-order valence-corrected chi connectivity index (χ2v) is 10.1. The summed E-state index contributed by atoms with van der Waals surface area (Å²) in [7, 11) is 3.13. The van der Waals surface area contributed by atoms with Crippen molar-refractivity contribution in [2.45, 2.75) is 33.7 Å². The normalized spacial score (nSPS) is 14.1. The molecule has 1 aliphatic heterocycles. The maximum atomic E-state index is 13.9. The van der Waals surface area contributed by atoms with Crippen LogP contribution in [0.1, 0.15) is 45.6 Å². The lowest BCUT2D eigenvalue weighted by molar-refractivity contribution is -0.113. The number of anilines is 3. The number of nitrogens with one attached hydrogen (secondary N) is 3. The topological polar surface area (TPSA) is 107 Å². The standard InChI is InChI=1S/C32H33N5O4/c1-18-7-11-23(12-8-18)35-31(38)24-17-33-37-29(22-10-14-26(40-5)27(16-22)41-6)28(21(4)34-30(24)37)32(39)36-25-13-9-19(2)15-20(25)3/h7-17,29,34H,1-6H3,(H,35,38)(H,36,39)/t29-/m0/s1. The summed E-state index contributed by atoms with van der Waals surface area (Å²) < 4.78 is 12.7. The third-order valence-corrected chi connectivity index (χ3v) is 7.18. The van der Waals surface area contributed by atoms with Gasteiger partial charge in [0, 0.05) is 17.1 Å². The third kappa shape index (κ3) is 5.38. The molecule has 0 radical (unpaired) electrons. The van der Waals surface area contributed by atoms with Crippen molar-refractivity contribution in [1.82, 2.24) is 9.78 Å². The summed E-state index contributed by atoms with van der Waals surface area (Å²) in [6.45, 7) is 7.78. The van der Waals surface area contributed by atoms with Gasteiger partial charge in [-0.1, -0.05) is 41.5 Å². The number of hydrogen-bond donors (Lipinski definition) is 3. The fourth-order valence-corrected chi connectivity index (χ4v) is 5.03. The predicted octanol–water partition coefficient (Wildman–Crippen LogP) is 6.01. The molecule has 0 spiro atoms. The van der Waals surface area contributed by atoms with E-state index in [9.17, 15) is 9.59 Å². The Morgan fingerprint density at radius 2 is 1.54 bits per heavy atom. The minimum absolute atomic E-state index is 0.284. The van der Waals surface area contributed by atoms with Crippen LogP contribution in [0.3, 0.4) is 0 Å². The van der Waals surface area contributed by atoms with E-state index in [-0.39, 0.29) is 11.8 Å². The lowest BCUT2D eigenvalue weighted by Gasteiger charge is -2.30. The minimum Gasteiger partial charge on any atom is -0.493 e. The highest BCUT2D eigenvalue weighted by Gasteiger charge is 2.36. The number of amides is 2. The van der Waals surface area contributed by atoms with Crippen molar-refractivity contribution in [3.63, 3.8) is 0 Å². The number of ether oxygens (including phenoxy) is 2. The molecule has 0 fully saturated rings. The van der Waals surface area contributed by atoms with Crippen molar-refractivity contribution >= 4 is 29.0 Å². The van der Waals surface area contributed by atoms with Gasteiger partial charge in [-0.25, -0.2) is 4.68 Å². The molecule has 0 unspecified atom stereocenters. The molecule has 0 saturated carbocycles. The van der Waals surface area contributed by atoms with Crippen LogP contribution in [-0.2, 0) is 4.79 Å². The first-order valence-corrected chi connectivity index (χ1v) is 13.2. The Balaban J connectivity index is 1.58. The molecule has 1 atom stereocenters. The zero-order valence-corrected chi connectivity index (χ0v) is 24.0. The smallest absolute Gasteiger partial charge is 0.261 e. The van der Waals surface area contributed by atoms with E-state index < -0.39 is 6.04 Å². The van der Waals surface area contributed by atoms with Crippen molar-refractivity contribution in [1.29, 1.82) is 0 Å². The van der Waals surface area contributed by atoms with Gasteiger partial charge in [0.15, 0.2) is 11.5 Å². The van der Waals surface area contributed by atoms with Crippen LogP contribution in [0.4, 0.5) is 17.2 Å². The summed E-state index contributed by atoms with van der Waals surface area (Å²) in [6.07, 6.45) is 1.51. The van der Waals surface area contributed by atoms with Gasteiger partial charge < -0.3 is 25.4 Å². The summed E-state index contributed by atoms with van der Waals surface area (Å²) >= 11 is 0. The van der Waals surface area contributed by atoms with Gasteiger partial charge in [-0.15, -0.1) is 0 Å². The van der Waals surface area contributed by atoms with E-state index >= 15 is 0 Å². The molecule has 1 aliphatic rings. The Morgan fingerprint density at radius 1 is 0.829 bits per heavy atom. The number of methoxy groups -OCH3 is 2. The van der Waals surface area contributed by atoms with Gasteiger partial charge in [0.05, 0.1) is 26.0 Å². The van der Waals surface area contributed by atoms with Crippen molar-refractivity contribution in [3.05, 3.63) is 106 Å². The molecule has 1 aromatic heterocycles. The van der Waals surface area contributed by atoms with Crippen LogP contribution in [-0.4, -0.2) is 35.8 Å². The Labute approximate surface area is 239 Å². The first-order chi connectivity index (χ1) is 19.7. The average Bonchev–Trinajstić information content (AvgIpc) is 3.38. The first kappa shape index (κ1) is 27.5. The summed E-state index contributed by atoms with van der Waals surface area (Å²) in [5.41, 5.74) is 6.70. The number of hydrogen-bond acceptors (Lipinski definition) is 6. The van der Waals surface area contributed by atoms with Crippen LogP contribution in [0.25, 0.3) is 0 Å². The van der Waals surface area contributed by atoms with Gasteiger partial charge in [0.2, 0.25) is 0 Å². The first-order valence-electron chi connectivity index (χ1n) is 13.2. The Kier molecular flexibility index (Phi) is 7.52. The van der Waals surface area contributed by atoms with Gasteiger partial charge in [-0.2, -0.15) is 5.10 Å². The van der Waals surface area contributed by atoms with E-state index in [0.717, 1.165) is 27.9 Å². The molecule has 9 nitrogen and oxygen atoms in total. The summed E-state index contributed by atoms with van der Waals surface area (Å²) in [5.74, 6) is 0.959. The fourth-order valence-electron chi connectivity index (χ4n) is 5.03. The number of carbonyl (C=O) groups excluding carboxylic acids is 2. The lowest BCUT2D eigenvalue weighted by atomic mass is 9.94. The maximum Gasteiger partial charge on any atom is 0.261 e. The van der Waals surface area contributed by atoms with Gasteiger partial charge in [-0.05, 0) is 69.2 Å². The molecule has 0 saturated heterocycles. The quantitative estimate of drug-likeness (QED) is 0.260. The summed E-state index contributed by atoms with van der Waals surface area (Å²) in [4.78, 5) is 27.3. The van der Waals surface area contributed by atoms with Crippen LogP contribution in [0, 0.1) is 20.8 Å². The van der Waals surface area contributed by atoms with Crippen molar-refractivity contribution < 1.29 is 19.1 Å². The molecule has 210 valence electrons. The number of carbonyl (C=O) groups is 2. The molecule has 2 heterocycles. The molecule has 4 aromatic rings. The highest BCUT2D eigenvalue weighted by Crippen LogP contribution is 2.40. The molecule has 3 aromatic carbocycles. The van der Waals surface area contributed by atoms with Crippen LogP contribution in [0.15, 0.2) is 78.1 Å². The molecular weight excluding hydrogens is 518 g/mol. The van der Waals surface area contributed by atoms with Crippen LogP contribution in [0.2, 0.25) is 0 Å². The maximum absolute atomic E-state index is 13.9. The van der Waals surface area contributed by atoms with Crippen LogP contribution < -0.4 is 25.4 Å². The number of aryl methyl sites for hydroxylation is 3. The van der Waals surface area contributed by atoms with E-state index in [1.807, 2.05) is 82.3 Å². The van der Waals surface area contributed by atoms with Crippen LogP contribution >= 0.6 is 0 Å². The summed E-state index contributed by atoms with van der Waals surface area (Å²) in [6, 6.07) is 18.3. The van der Waals surface area contributed by atoms with Gasteiger partial charge in [0.25, 0.3) is 11.8 Å². The number of aromatic nitrogens is 2. The van der Waals surface area contributed by atoms with Crippen molar-refractivity contribution in [3.8, 4) is 11.5 Å². The fraction of sp³-hybridized carbons (Fsp3) is 0.219. The second-order valence-electron chi connectivity index (χ2n) is 10.1. The van der Waals surface area contributed by atoms with E-state index in [1.165, 1.54) is 6.20 Å². The molecule has 0 aliphatic carbocycles. The zero-order chi connectivity index (χ0) is 29.3. The van der Waals surface area contributed by atoms with E-state index in [2.05, 4.69) is 21.0 Å². The zero-order valence-electron chi connectivity index (χ0n) is 24.0. The second kappa shape index (κ2) is 11.2. The number of benzene rings is 3. The molecule has 3 N–H and O–H groups in total. The van der Waals surface area contributed by atoms with Gasteiger partial charge in [-0.3, -0.25) is 9.59 Å². The van der Waals surface area contributed by atoms with Crippen LogP contribution in [0.5, 0.6) is 11.5 Å². The highest BCUT2D eigenvalue weighted by atomic mass is 16.5. The van der Waals surface area contributed by atoms with Gasteiger partial charge in [0.1, 0.15) is 17.4 Å². The molecule has 5 rings (SSSR count). The molecule has 2 amide bonds. The number of rotatable bonds is 7. The molecular formula is C32H33N5O4. The monoisotopic (exact) mass is 551 g/mol. The molecule has 0 bridgehead atoms. The number of fused-ring (bicyclic) bond motifs is 1. The van der Waals surface area contributed by atoms with E-state index in [0.29, 0.717) is 39.8 Å².